The molecule has 0 saturated carbocycles. The molecule has 1 aromatic rings. The second-order valence-electron chi connectivity index (χ2n) is 8.19. The number of rotatable bonds is 3. The van der Waals surface area contributed by atoms with Gasteiger partial charge in [-0.2, -0.15) is 0 Å². The second-order valence-corrected chi connectivity index (χ2v) is 8.19. The van der Waals surface area contributed by atoms with Crippen LogP contribution < -0.4 is 10.2 Å². The van der Waals surface area contributed by atoms with Gasteiger partial charge in [-0.1, -0.05) is 6.07 Å². The normalized spacial score (nSPS) is 26.8. The van der Waals surface area contributed by atoms with Crippen LogP contribution in [0.25, 0.3) is 0 Å². The highest BCUT2D eigenvalue weighted by molar-refractivity contribution is 6.09. The summed E-state index contributed by atoms with van der Waals surface area (Å²) in [5.41, 5.74) is 3.21. The maximum Gasteiger partial charge on any atom is 0.239 e. The minimum Gasteiger partial charge on any atom is -0.340 e. The van der Waals surface area contributed by atoms with Crippen LogP contribution in [0.15, 0.2) is 18.2 Å². The van der Waals surface area contributed by atoms with Gasteiger partial charge in [-0.15, -0.1) is 0 Å². The predicted octanol–water partition coefficient (Wildman–Crippen LogP) is 1.16. The quantitative estimate of drug-likeness (QED) is 0.812. The van der Waals surface area contributed by atoms with Crippen molar-refractivity contribution in [3.05, 3.63) is 29.3 Å². The molecule has 4 rings (SSSR count). The Labute approximate surface area is 161 Å². The van der Waals surface area contributed by atoms with Gasteiger partial charge >= 0.3 is 0 Å². The highest BCUT2D eigenvalue weighted by Gasteiger charge is 2.42. The van der Waals surface area contributed by atoms with Crippen LogP contribution in [0, 0.1) is 19.8 Å². The number of nitrogens with zero attached hydrogens (tertiary/aromatic N) is 3. The molecule has 2 unspecified atom stereocenters. The molecular formula is C21H30N4O2. The van der Waals surface area contributed by atoms with Crippen molar-refractivity contribution in [2.75, 3.05) is 50.7 Å². The molecule has 6 heteroatoms. The smallest absolute Gasteiger partial charge is 0.239 e. The molecule has 3 aliphatic rings. The molecule has 0 radical (unpaired) electrons. The van der Waals surface area contributed by atoms with Gasteiger partial charge in [-0.3, -0.25) is 14.5 Å². The lowest BCUT2D eigenvalue weighted by Crippen LogP contribution is -2.49. The van der Waals surface area contributed by atoms with Gasteiger partial charge in [0.15, 0.2) is 0 Å². The fraction of sp³-hybridized carbons (Fsp3) is 0.619. The van der Waals surface area contributed by atoms with Gasteiger partial charge in [0.2, 0.25) is 11.8 Å². The van der Waals surface area contributed by atoms with Crippen LogP contribution in [0.4, 0.5) is 5.69 Å². The van der Waals surface area contributed by atoms with E-state index in [-0.39, 0.29) is 11.8 Å². The lowest BCUT2D eigenvalue weighted by molar-refractivity contribution is -0.139. The Balaban J connectivity index is 1.40. The fourth-order valence-corrected chi connectivity index (χ4v) is 4.78. The Morgan fingerprint density at radius 2 is 1.70 bits per heavy atom. The minimum absolute atomic E-state index is 0.0318. The lowest BCUT2D eigenvalue weighted by Gasteiger charge is -2.32. The van der Waals surface area contributed by atoms with E-state index in [1.54, 1.807) is 4.90 Å². The van der Waals surface area contributed by atoms with Gasteiger partial charge in [-0.05, 0) is 49.9 Å². The van der Waals surface area contributed by atoms with Gasteiger partial charge < -0.3 is 15.1 Å². The Hall–Kier alpha value is -1.92. The van der Waals surface area contributed by atoms with E-state index < -0.39 is 5.92 Å². The van der Waals surface area contributed by atoms with Crippen molar-refractivity contribution in [1.82, 2.24) is 15.1 Å². The fourth-order valence-electron chi connectivity index (χ4n) is 4.78. The van der Waals surface area contributed by atoms with E-state index in [9.17, 15) is 9.59 Å². The second kappa shape index (κ2) is 7.60. The van der Waals surface area contributed by atoms with E-state index in [4.69, 9.17) is 0 Å². The standard InChI is InChI=1S/C21H30N4O2/c1-15-11-16(2)13-18(12-15)25-8-4-19(21(25)27)20(26)24-7-3-17(14-24)23-9-5-22-6-10-23/h11-13,17,19,22H,3-10,14H2,1-2H3. The number of amides is 2. The summed E-state index contributed by atoms with van der Waals surface area (Å²) in [4.78, 5) is 32.2. The molecule has 3 fully saturated rings. The van der Waals surface area contributed by atoms with Crippen LogP contribution in [-0.4, -0.2) is 73.5 Å². The first kappa shape index (κ1) is 18.4. The van der Waals surface area contributed by atoms with E-state index in [0.29, 0.717) is 19.0 Å². The Kier molecular flexibility index (Phi) is 5.19. The maximum absolute atomic E-state index is 13.0. The molecule has 2 amide bonds. The van der Waals surface area contributed by atoms with E-state index >= 15 is 0 Å². The van der Waals surface area contributed by atoms with Crippen LogP contribution >= 0.6 is 0 Å². The molecule has 3 saturated heterocycles. The number of aryl methyl sites for hydroxylation is 2. The first-order chi connectivity index (χ1) is 13.0. The Bertz CT molecular complexity index is 709. The number of benzene rings is 1. The average molecular weight is 370 g/mol. The molecule has 3 heterocycles. The summed E-state index contributed by atoms with van der Waals surface area (Å²) in [5, 5.41) is 3.38. The van der Waals surface area contributed by atoms with Crippen molar-refractivity contribution in [1.29, 1.82) is 0 Å². The van der Waals surface area contributed by atoms with Crippen molar-refractivity contribution >= 4 is 17.5 Å². The Morgan fingerprint density at radius 3 is 2.41 bits per heavy atom. The molecule has 27 heavy (non-hydrogen) atoms. The zero-order valence-corrected chi connectivity index (χ0v) is 16.4. The summed E-state index contributed by atoms with van der Waals surface area (Å²) >= 11 is 0. The summed E-state index contributed by atoms with van der Waals surface area (Å²) < 4.78 is 0. The van der Waals surface area contributed by atoms with Crippen LogP contribution in [0.2, 0.25) is 0 Å². The topological polar surface area (TPSA) is 55.9 Å². The molecule has 0 aromatic heterocycles. The number of likely N-dealkylation sites (tertiary alicyclic amines) is 1. The number of piperazine rings is 1. The number of nitrogens with one attached hydrogen (secondary N) is 1. The SMILES string of the molecule is Cc1cc(C)cc(N2CCC(C(=O)N3CCC(N4CCNCC4)C3)C2=O)c1. The van der Waals surface area contributed by atoms with Crippen molar-refractivity contribution in [2.24, 2.45) is 5.92 Å². The van der Waals surface area contributed by atoms with E-state index in [1.165, 1.54) is 0 Å². The van der Waals surface area contributed by atoms with Crippen molar-refractivity contribution in [3.63, 3.8) is 0 Å². The predicted molar refractivity (Wildman–Crippen MR) is 106 cm³/mol. The molecule has 2 atom stereocenters. The molecule has 1 aromatic carbocycles. The zero-order valence-electron chi connectivity index (χ0n) is 16.4. The van der Waals surface area contributed by atoms with Gasteiger partial charge in [0.05, 0.1) is 0 Å². The van der Waals surface area contributed by atoms with Gasteiger partial charge in [0.1, 0.15) is 5.92 Å². The molecule has 0 aliphatic carbocycles. The molecule has 0 spiro atoms. The molecule has 6 nitrogen and oxygen atoms in total. The third-order valence-corrected chi connectivity index (χ3v) is 6.16. The third kappa shape index (κ3) is 3.73. The number of hydrogen-bond donors (Lipinski definition) is 1. The average Bonchev–Trinajstić information content (AvgIpc) is 3.28. The molecule has 0 bridgehead atoms. The van der Waals surface area contributed by atoms with E-state index in [2.05, 4.69) is 16.3 Å². The first-order valence-electron chi connectivity index (χ1n) is 10.2. The van der Waals surface area contributed by atoms with Crippen LogP contribution in [-0.2, 0) is 9.59 Å². The largest absolute Gasteiger partial charge is 0.340 e. The van der Waals surface area contributed by atoms with Crippen molar-refractivity contribution in [2.45, 2.75) is 32.7 Å². The molecule has 1 N–H and O–H groups in total. The van der Waals surface area contributed by atoms with Crippen LogP contribution in [0.3, 0.4) is 0 Å². The molecular weight excluding hydrogens is 340 g/mol. The molecule has 146 valence electrons. The van der Waals surface area contributed by atoms with Crippen LogP contribution in [0.1, 0.15) is 24.0 Å². The van der Waals surface area contributed by atoms with Crippen molar-refractivity contribution in [3.8, 4) is 0 Å². The first-order valence-corrected chi connectivity index (χ1v) is 10.2. The minimum atomic E-state index is -0.507. The Morgan fingerprint density at radius 1 is 1.00 bits per heavy atom. The lowest BCUT2D eigenvalue weighted by atomic mass is 10.1. The maximum atomic E-state index is 13.0. The number of carbonyl (C=O) groups is 2. The van der Waals surface area contributed by atoms with Gasteiger partial charge in [0.25, 0.3) is 0 Å². The van der Waals surface area contributed by atoms with Gasteiger partial charge in [0, 0.05) is 57.5 Å². The zero-order chi connectivity index (χ0) is 19.0. The summed E-state index contributed by atoms with van der Waals surface area (Å²) in [5.74, 6) is -0.507. The highest BCUT2D eigenvalue weighted by atomic mass is 16.2. The van der Waals surface area contributed by atoms with E-state index in [1.807, 2.05) is 30.9 Å². The van der Waals surface area contributed by atoms with Crippen LogP contribution in [0.5, 0.6) is 0 Å². The monoisotopic (exact) mass is 370 g/mol. The molecule has 3 aliphatic heterocycles. The summed E-state index contributed by atoms with van der Waals surface area (Å²) in [6, 6.07) is 6.62. The van der Waals surface area contributed by atoms with Crippen molar-refractivity contribution < 1.29 is 9.59 Å². The number of hydrogen-bond acceptors (Lipinski definition) is 4. The highest BCUT2D eigenvalue weighted by Crippen LogP contribution is 2.29. The summed E-state index contributed by atoms with van der Waals surface area (Å²) in [6.45, 7) is 10.4. The third-order valence-electron chi connectivity index (χ3n) is 6.16. The van der Waals surface area contributed by atoms with E-state index in [0.717, 1.165) is 62.5 Å². The summed E-state index contributed by atoms with van der Waals surface area (Å²) in [6.07, 6.45) is 1.65. The van der Waals surface area contributed by atoms with Gasteiger partial charge in [-0.25, -0.2) is 0 Å². The number of carbonyl (C=O) groups excluding carboxylic acids is 2. The number of anilines is 1. The summed E-state index contributed by atoms with van der Waals surface area (Å²) in [7, 11) is 0.